The molecule has 3 atom stereocenters. The molecular weight excluding hydrogens is 470 g/mol. The van der Waals surface area contributed by atoms with Gasteiger partial charge in [0.25, 0.3) is 5.69 Å². The van der Waals surface area contributed by atoms with Crippen molar-refractivity contribution in [2.75, 3.05) is 6.61 Å². The molecule has 34 heavy (non-hydrogen) atoms. The van der Waals surface area contributed by atoms with Crippen LogP contribution in [0.1, 0.15) is 51.3 Å². The number of rotatable bonds is 7. The monoisotopic (exact) mass is 496 g/mol. The van der Waals surface area contributed by atoms with Crippen molar-refractivity contribution in [1.29, 1.82) is 0 Å². The molecular formula is C23H26F2N2O6S. The van der Waals surface area contributed by atoms with Crippen LogP contribution >= 0.6 is 0 Å². The van der Waals surface area contributed by atoms with Crippen LogP contribution in [0.15, 0.2) is 48.5 Å². The van der Waals surface area contributed by atoms with Gasteiger partial charge >= 0.3 is 11.9 Å². The fourth-order valence-corrected chi connectivity index (χ4v) is 4.61. The number of nitrogens with zero attached hydrogens (tertiary/aromatic N) is 1. The van der Waals surface area contributed by atoms with Gasteiger partial charge in [0.05, 0.1) is 11.5 Å². The third-order valence-electron chi connectivity index (χ3n) is 5.46. The first-order chi connectivity index (χ1) is 15.8. The molecule has 184 valence electrons. The lowest BCUT2D eigenvalue weighted by Crippen LogP contribution is -2.65. The summed E-state index contributed by atoms with van der Waals surface area (Å²) in [5.74, 6) is -6.18. The molecule has 0 spiro atoms. The average molecular weight is 497 g/mol. The Bertz CT molecular complexity index is 1060. The summed E-state index contributed by atoms with van der Waals surface area (Å²) in [6.45, 7) is 5.81. The first kappa shape index (κ1) is 25.9. The lowest BCUT2D eigenvalue weighted by Gasteiger charge is -2.46. The molecule has 1 aliphatic rings. The molecule has 0 saturated carbocycles. The summed E-state index contributed by atoms with van der Waals surface area (Å²) in [4.78, 5) is 23.3. The maximum absolute atomic E-state index is 16.1. The van der Waals surface area contributed by atoms with E-state index in [0.29, 0.717) is 5.56 Å². The number of carbonyl (C=O) groups excluding carboxylic acids is 1. The summed E-state index contributed by atoms with van der Waals surface area (Å²) in [5, 5.41) is 11.5. The van der Waals surface area contributed by atoms with E-state index in [1.807, 2.05) is 0 Å². The zero-order valence-electron chi connectivity index (χ0n) is 19.2. The third-order valence-corrected chi connectivity index (χ3v) is 7.10. The van der Waals surface area contributed by atoms with Gasteiger partial charge in [0.2, 0.25) is 0 Å². The van der Waals surface area contributed by atoms with Crippen molar-refractivity contribution >= 4 is 23.0 Å². The number of fused-ring (bicyclic) bond motifs is 1. The Labute approximate surface area is 199 Å². The highest BCUT2D eigenvalue weighted by Crippen LogP contribution is 2.53. The summed E-state index contributed by atoms with van der Waals surface area (Å²) in [5.41, 5.74) is -2.91. The molecule has 0 aliphatic carbocycles. The minimum atomic E-state index is -4.26. The highest BCUT2D eigenvalue weighted by Gasteiger charge is 2.67. The van der Waals surface area contributed by atoms with Gasteiger partial charge in [-0.3, -0.25) is 10.1 Å². The number of nitrogens with one attached hydrogen (secondary N) is 1. The lowest BCUT2D eigenvalue weighted by atomic mass is 9.76. The molecule has 2 aromatic rings. The van der Waals surface area contributed by atoms with Crippen LogP contribution in [0.25, 0.3) is 0 Å². The molecule has 1 heterocycles. The van der Waals surface area contributed by atoms with Crippen molar-refractivity contribution in [2.24, 2.45) is 0 Å². The van der Waals surface area contributed by atoms with E-state index in [-0.39, 0.29) is 17.9 Å². The normalized spacial score (nSPS) is 21.2. The second-order valence-corrected chi connectivity index (χ2v) is 10.8. The number of alkyl halides is 2. The Hall–Kier alpha value is -2.76. The van der Waals surface area contributed by atoms with E-state index in [0.717, 1.165) is 12.1 Å². The number of hydrogen-bond donors (Lipinski definition) is 1. The number of halogens is 2. The smallest absolute Gasteiger partial charge is 0.379 e. The average Bonchev–Trinajstić information content (AvgIpc) is 2.78. The summed E-state index contributed by atoms with van der Waals surface area (Å²) in [6, 6.07) is 11.8. The van der Waals surface area contributed by atoms with Crippen LogP contribution in [-0.4, -0.2) is 32.7 Å². The zero-order chi connectivity index (χ0) is 25.3. The summed E-state index contributed by atoms with van der Waals surface area (Å²) in [6.07, 6.45) is -1.52. The van der Waals surface area contributed by atoms with Crippen LogP contribution in [0.4, 0.5) is 14.5 Å². The summed E-state index contributed by atoms with van der Waals surface area (Å²) >= 11 is -2.10. The van der Waals surface area contributed by atoms with Crippen LogP contribution in [0.2, 0.25) is 0 Å². The molecule has 0 fully saturated rings. The third kappa shape index (κ3) is 4.73. The van der Waals surface area contributed by atoms with E-state index >= 15 is 8.78 Å². The molecule has 0 amide bonds. The highest BCUT2D eigenvalue weighted by molar-refractivity contribution is 7.90. The number of ether oxygens (including phenoxy) is 2. The topological polar surface area (TPSA) is 114 Å². The van der Waals surface area contributed by atoms with E-state index in [4.69, 9.17) is 4.74 Å². The Balaban J connectivity index is 2.31. The molecule has 1 N–H and O–H groups in total. The van der Waals surface area contributed by atoms with Crippen LogP contribution < -0.4 is 9.46 Å². The second kappa shape index (κ2) is 9.47. The van der Waals surface area contributed by atoms with E-state index < -0.39 is 56.7 Å². The van der Waals surface area contributed by atoms with Gasteiger partial charge in [0, 0.05) is 35.5 Å². The van der Waals surface area contributed by atoms with Crippen LogP contribution in [-0.2, 0) is 26.4 Å². The molecule has 2 aromatic carbocycles. The fraction of sp³-hybridized carbons (Fsp3) is 0.435. The van der Waals surface area contributed by atoms with Gasteiger partial charge in [-0.2, -0.15) is 8.78 Å². The van der Waals surface area contributed by atoms with Gasteiger partial charge in [-0.1, -0.05) is 30.3 Å². The molecule has 2 unspecified atom stereocenters. The van der Waals surface area contributed by atoms with Gasteiger partial charge in [0.15, 0.2) is 5.54 Å². The summed E-state index contributed by atoms with van der Waals surface area (Å²) < 4.78 is 57.5. The Morgan fingerprint density at radius 2 is 1.91 bits per heavy atom. The predicted molar refractivity (Wildman–Crippen MR) is 122 cm³/mol. The first-order valence-corrected chi connectivity index (χ1v) is 11.7. The largest absolute Gasteiger partial charge is 0.598 e. The fourth-order valence-electron chi connectivity index (χ4n) is 3.67. The lowest BCUT2D eigenvalue weighted by molar-refractivity contribution is -0.385. The molecule has 8 nitrogen and oxygen atoms in total. The van der Waals surface area contributed by atoms with Gasteiger partial charge in [-0.05, 0) is 39.3 Å². The minimum absolute atomic E-state index is 0.0897. The molecule has 0 radical (unpaired) electrons. The van der Waals surface area contributed by atoms with E-state index in [9.17, 15) is 19.5 Å². The first-order valence-electron chi connectivity index (χ1n) is 10.6. The molecule has 0 saturated heterocycles. The Kier molecular flexibility index (Phi) is 7.20. The number of benzene rings is 2. The van der Waals surface area contributed by atoms with Gasteiger partial charge < -0.3 is 14.0 Å². The molecule has 0 aromatic heterocycles. The van der Waals surface area contributed by atoms with Crippen LogP contribution in [0, 0.1) is 10.1 Å². The van der Waals surface area contributed by atoms with Crippen molar-refractivity contribution in [1.82, 2.24) is 4.72 Å². The van der Waals surface area contributed by atoms with Crippen molar-refractivity contribution in [3.05, 3.63) is 69.8 Å². The van der Waals surface area contributed by atoms with Crippen LogP contribution in [0.3, 0.4) is 0 Å². The maximum atomic E-state index is 16.1. The van der Waals surface area contributed by atoms with Gasteiger partial charge in [0.1, 0.15) is 16.6 Å². The van der Waals surface area contributed by atoms with E-state index in [1.54, 1.807) is 51.1 Å². The number of esters is 1. The molecule has 0 bridgehead atoms. The van der Waals surface area contributed by atoms with Crippen LogP contribution in [0.5, 0.6) is 5.75 Å². The maximum Gasteiger partial charge on any atom is 0.379 e. The highest BCUT2D eigenvalue weighted by atomic mass is 32.2. The number of non-ortho nitro benzene ring substituents is 1. The number of nitro groups is 1. The van der Waals surface area contributed by atoms with E-state index in [1.165, 1.54) is 13.0 Å². The zero-order valence-corrected chi connectivity index (χ0v) is 20.0. The van der Waals surface area contributed by atoms with Crippen molar-refractivity contribution in [3.8, 4) is 5.75 Å². The second-order valence-electron chi connectivity index (χ2n) is 8.84. The Morgan fingerprint density at radius 3 is 2.47 bits per heavy atom. The Morgan fingerprint density at radius 1 is 1.26 bits per heavy atom. The predicted octanol–water partition coefficient (Wildman–Crippen LogP) is 4.56. The quantitative estimate of drug-likeness (QED) is 0.259. The molecule has 1 aliphatic heterocycles. The van der Waals surface area contributed by atoms with Crippen molar-refractivity contribution < 1.29 is 32.5 Å². The molecule has 3 rings (SSSR count). The SMILES string of the molecule is CCOC(=O)C(F)(F)[C@@]1(N[S+]([O-])C(C)(C)C)CC(c2ccccc2)Oc2ccc([N+](=O)[O-])cc21. The number of carbonyl (C=O) groups is 1. The summed E-state index contributed by atoms with van der Waals surface area (Å²) in [7, 11) is 0. The van der Waals surface area contributed by atoms with Crippen molar-refractivity contribution in [2.45, 2.75) is 56.4 Å². The number of nitro benzene ring substituents is 1. The van der Waals surface area contributed by atoms with E-state index in [2.05, 4.69) is 9.46 Å². The van der Waals surface area contributed by atoms with Crippen molar-refractivity contribution in [3.63, 3.8) is 0 Å². The molecule has 11 heteroatoms. The van der Waals surface area contributed by atoms with Gasteiger partial charge in [-0.15, -0.1) is 4.72 Å². The standard InChI is InChI=1S/C23H26F2N2O6S/c1-5-32-20(28)23(24,25)22(26-34(31)21(2,3)4)14-19(15-9-7-6-8-10-15)33-18-12-11-16(27(29)30)13-17(18)22/h6-13,19,26H,5,14H2,1-4H3/t19?,22-,34?/m1/s1. The number of hydrogen-bond acceptors (Lipinski definition) is 7. The van der Waals surface area contributed by atoms with Gasteiger partial charge in [-0.25, -0.2) is 4.79 Å². The minimum Gasteiger partial charge on any atom is -0.598 e.